The molecule has 26 heavy (non-hydrogen) atoms. The smallest absolute Gasteiger partial charge is 0.232 e. The third kappa shape index (κ3) is 3.79. The van der Waals surface area contributed by atoms with Gasteiger partial charge >= 0.3 is 0 Å². The van der Waals surface area contributed by atoms with Gasteiger partial charge in [0.1, 0.15) is 11.4 Å². The standard InChI is InChI=1S/C16H22N6O3.ClH/c1-11-19-20-21-22(11)13-9-12(3-4-14(13)24-2)18-15(23)16(10-17)5-7-25-8-6-16;/h3-4,9H,5-8,10,17H2,1-2H3,(H,18,23);1H. The number of nitrogens with two attached hydrogens (primary N) is 1. The van der Waals surface area contributed by atoms with Crippen LogP contribution in [0.25, 0.3) is 5.69 Å². The van der Waals surface area contributed by atoms with Crippen LogP contribution in [0.3, 0.4) is 0 Å². The summed E-state index contributed by atoms with van der Waals surface area (Å²) in [4.78, 5) is 12.8. The zero-order chi connectivity index (χ0) is 17.9. The molecule has 10 heteroatoms. The van der Waals surface area contributed by atoms with Gasteiger partial charge in [0.05, 0.1) is 12.5 Å². The van der Waals surface area contributed by atoms with Gasteiger partial charge in [0, 0.05) is 25.4 Å². The molecule has 9 nitrogen and oxygen atoms in total. The summed E-state index contributed by atoms with van der Waals surface area (Å²) in [5, 5.41) is 14.5. The van der Waals surface area contributed by atoms with Gasteiger partial charge in [0.2, 0.25) is 5.91 Å². The number of hydrogen-bond donors (Lipinski definition) is 2. The SMILES string of the molecule is COc1ccc(NC(=O)C2(CN)CCOCC2)cc1-n1nnnc1C.Cl. The highest BCUT2D eigenvalue weighted by atomic mass is 35.5. The fourth-order valence-electron chi connectivity index (χ4n) is 2.94. The first-order valence-electron chi connectivity index (χ1n) is 8.12. The first-order chi connectivity index (χ1) is 12.1. The summed E-state index contributed by atoms with van der Waals surface area (Å²) in [5.74, 6) is 1.13. The van der Waals surface area contributed by atoms with Crippen LogP contribution in [-0.4, -0.2) is 53.0 Å². The number of methoxy groups -OCH3 is 1. The first-order valence-corrected chi connectivity index (χ1v) is 8.12. The highest BCUT2D eigenvalue weighted by molar-refractivity contribution is 5.96. The number of aromatic nitrogens is 4. The number of anilines is 1. The fourth-order valence-corrected chi connectivity index (χ4v) is 2.94. The lowest BCUT2D eigenvalue weighted by molar-refractivity contribution is -0.130. The zero-order valence-electron chi connectivity index (χ0n) is 14.8. The second-order valence-electron chi connectivity index (χ2n) is 6.08. The van der Waals surface area contributed by atoms with E-state index < -0.39 is 5.41 Å². The van der Waals surface area contributed by atoms with Crippen molar-refractivity contribution >= 4 is 24.0 Å². The Labute approximate surface area is 157 Å². The number of hydrogen-bond acceptors (Lipinski definition) is 7. The van der Waals surface area contributed by atoms with E-state index in [0.717, 1.165) is 0 Å². The van der Waals surface area contributed by atoms with Crippen molar-refractivity contribution in [2.75, 3.05) is 32.2 Å². The van der Waals surface area contributed by atoms with Gasteiger partial charge in [-0.3, -0.25) is 4.79 Å². The van der Waals surface area contributed by atoms with Gasteiger partial charge in [-0.1, -0.05) is 0 Å². The Morgan fingerprint density at radius 1 is 1.42 bits per heavy atom. The number of carbonyl (C=O) groups is 1. The van der Waals surface area contributed by atoms with Crippen LogP contribution in [-0.2, 0) is 9.53 Å². The number of nitrogens with one attached hydrogen (secondary N) is 1. The lowest BCUT2D eigenvalue weighted by Crippen LogP contribution is -2.46. The molecule has 3 N–H and O–H groups in total. The predicted octanol–water partition coefficient (Wildman–Crippen LogP) is 1.10. The molecule has 3 rings (SSSR count). The Morgan fingerprint density at radius 3 is 2.73 bits per heavy atom. The lowest BCUT2D eigenvalue weighted by Gasteiger charge is -2.34. The van der Waals surface area contributed by atoms with Crippen LogP contribution in [0.15, 0.2) is 18.2 Å². The van der Waals surface area contributed by atoms with Crippen LogP contribution in [0.4, 0.5) is 5.69 Å². The minimum absolute atomic E-state index is 0. The van der Waals surface area contributed by atoms with Crippen molar-refractivity contribution in [1.82, 2.24) is 20.2 Å². The molecule has 1 aromatic carbocycles. The summed E-state index contributed by atoms with van der Waals surface area (Å²) in [7, 11) is 1.57. The van der Waals surface area contributed by atoms with Gasteiger partial charge in [0.15, 0.2) is 5.82 Å². The largest absolute Gasteiger partial charge is 0.494 e. The van der Waals surface area contributed by atoms with E-state index in [1.165, 1.54) is 0 Å². The van der Waals surface area contributed by atoms with E-state index in [1.54, 1.807) is 36.9 Å². The molecule has 0 unspecified atom stereocenters. The molecule has 0 radical (unpaired) electrons. The van der Waals surface area contributed by atoms with Crippen molar-refractivity contribution in [3.05, 3.63) is 24.0 Å². The van der Waals surface area contributed by atoms with Gasteiger partial charge in [-0.15, -0.1) is 17.5 Å². The first kappa shape index (κ1) is 20.1. The summed E-state index contributed by atoms with van der Waals surface area (Å²) < 4.78 is 12.3. The number of tetrazole rings is 1. The van der Waals surface area contributed by atoms with E-state index in [1.807, 2.05) is 0 Å². The lowest BCUT2D eigenvalue weighted by atomic mass is 9.79. The number of ether oxygens (including phenoxy) is 2. The molecule has 0 atom stereocenters. The normalized spacial score (nSPS) is 15.8. The third-order valence-corrected chi connectivity index (χ3v) is 4.61. The highest BCUT2D eigenvalue weighted by Crippen LogP contribution is 2.32. The molecular weight excluding hydrogens is 360 g/mol. The summed E-state index contributed by atoms with van der Waals surface area (Å²) in [6, 6.07) is 5.33. The average Bonchev–Trinajstić information content (AvgIpc) is 3.08. The van der Waals surface area contributed by atoms with Crippen LogP contribution in [0, 0.1) is 12.3 Å². The van der Waals surface area contributed by atoms with Crippen molar-refractivity contribution < 1.29 is 14.3 Å². The average molecular weight is 383 g/mol. The van der Waals surface area contributed by atoms with Crippen LogP contribution in [0.5, 0.6) is 5.75 Å². The molecule has 1 fully saturated rings. The fraction of sp³-hybridized carbons (Fsp3) is 0.500. The predicted molar refractivity (Wildman–Crippen MR) is 97.9 cm³/mol. The quantitative estimate of drug-likeness (QED) is 0.794. The van der Waals surface area contributed by atoms with Crippen LogP contribution < -0.4 is 15.8 Å². The van der Waals surface area contributed by atoms with Gasteiger partial charge in [-0.25, -0.2) is 0 Å². The highest BCUT2D eigenvalue weighted by Gasteiger charge is 2.38. The zero-order valence-corrected chi connectivity index (χ0v) is 15.6. The second-order valence-corrected chi connectivity index (χ2v) is 6.08. The molecule has 1 aliphatic heterocycles. The number of benzene rings is 1. The van der Waals surface area contributed by atoms with Gasteiger partial charge in [0.25, 0.3) is 0 Å². The molecular formula is C16H23ClN6O3. The maximum Gasteiger partial charge on any atom is 0.232 e. The molecule has 2 heterocycles. The van der Waals surface area contributed by atoms with Gasteiger partial charge < -0.3 is 20.5 Å². The second kappa shape index (κ2) is 8.43. The molecule has 0 aliphatic carbocycles. The van der Waals surface area contributed by atoms with E-state index >= 15 is 0 Å². The number of aryl methyl sites for hydroxylation is 1. The van der Waals surface area contributed by atoms with E-state index in [0.29, 0.717) is 49.0 Å². The third-order valence-electron chi connectivity index (χ3n) is 4.61. The molecule has 0 spiro atoms. The van der Waals surface area contributed by atoms with E-state index in [9.17, 15) is 4.79 Å². The van der Waals surface area contributed by atoms with Crippen molar-refractivity contribution in [3.8, 4) is 11.4 Å². The number of halogens is 1. The minimum atomic E-state index is -0.594. The molecule has 1 amide bonds. The Morgan fingerprint density at radius 2 is 2.15 bits per heavy atom. The number of carbonyl (C=O) groups excluding carboxylic acids is 1. The summed E-state index contributed by atoms with van der Waals surface area (Å²) in [5.41, 5.74) is 6.59. The monoisotopic (exact) mass is 382 g/mol. The van der Waals surface area contributed by atoms with Crippen LogP contribution in [0.2, 0.25) is 0 Å². The number of amides is 1. The Bertz CT molecular complexity index is 760. The summed E-state index contributed by atoms with van der Waals surface area (Å²) in [6.07, 6.45) is 1.23. The number of nitrogens with zero attached hydrogens (tertiary/aromatic N) is 4. The Balaban J connectivity index is 0.00000243. The maximum atomic E-state index is 12.8. The molecule has 1 aromatic heterocycles. The van der Waals surface area contributed by atoms with E-state index in [4.69, 9.17) is 15.2 Å². The van der Waals surface area contributed by atoms with Crippen LogP contribution >= 0.6 is 12.4 Å². The van der Waals surface area contributed by atoms with Crippen molar-refractivity contribution in [1.29, 1.82) is 0 Å². The minimum Gasteiger partial charge on any atom is -0.494 e. The van der Waals surface area contributed by atoms with Crippen LogP contribution in [0.1, 0.15) is 18.7 Å². The Hall–Kier alpha value is -2.23. The summed E-state index contributed by atoms with van der Waals surface area (Å²) >= 11 is 0. The van der Waals surface area contributed by atoms with Gasteiger partial charge in [-0.2, -0.15) is 4.68 Å². The molecule has 1 saturated heterocycles. The molecule has 0 saturated carbocycles. The molecule has 0 bridgehead atoms. The molecule has 1 aliphatic rings. The maximum absolute atomic E-state index is 12.8. The summed E-state index contributed by atoms with van der Waals surface area (Å²) in [6.45, 7) is 3.16. The van der Waals surface area contributed by atoms with Gasteiger partial charge in [-0.05, 0) is 48.4 Å². The molecule has 142 valence electrons. The van der Waals surface area contributed by atoms with Crippen molar-refractivity contribution in [3.63, 3.8) is 0 Å². The van der Waals surface area contributed by atoms with E-state index in [-0.39, 0.29) is 24.9 Å². The molecule has 2 aromatic rings. The topological polar surface area (TPSA) is 117 Å². The van der Waals surface area contributed by atoms with Crippen molar-refractivity contribution in [2.24, 2.45) is 11.1 Å². The van der Waals surface area contributed by atoms with Crippen molar-refractivity contribution in [2.45, 2.75) is 19.8 Å². The van der Waals surface area contributed by atoms with E-state index in [2.05, 4.69) is 20.8 Å². The Kier molecular flexibility index (Phi) is 6.52. The number of rotatable bonds is 5.